The van der Waals surface area contributed by atoms with Crippen LogP contribution in [0.5, 0.6) is 5.75 Å². The van der Waals surface area contributed by atoms with E-state index in [1.165, 1.54) is 6.20 Å². The van der Waals surface area contributed by atoms with E-state index in [1.54, 1.807) is 12.3 Å². The molecule has 0 atom stereocenters. The monoisotopic (exact) mass is 277 g/mol. The first-order valence-corrected chi connectivity index (χ1v) is 6.86. The van der Waals surface area contributed by atoms with Crippen LogP contribution in [0.4, 0.5) is 0 Å². The van der Waals surface area contributed by atoms with E-state index in [1.807, 2.05) is 20.8 Å². The van der Waals surface area contributed by atoms with Crippen molar-refractivity contribution in [1.29, 1.82) is 0 Å². The van der Waals surface area contributed by atoms with E-state index in [9.17, 15) is 4.79 Å². The highest BCUT2D eigenvalue weighted by atomic mass is 32.1. The van der Waals surface area contributed by atoms with Crippen LogP contribution in [0.2, 0.25) is 0 Å². The molecule has 0 radical (unpaired) electrons. The number of rotatable bonds is 5. The maximum atomic E-state index is 12.4. The van der Waals surface area contributed by atoms with E-state index in [-0.39, 0.29) is 11.9 Å². The van der Waals surface area contributed by atoms with Crippen molar-refractivity contribution in [2.45, 2.75) is 33.3 Å². The molecule has 0 aliphatic carbocycles. The zero-order valence-electron chi connectivity index (χ0n) is 11.1. The van der Waals surface area contributed by atoms with Gasteiger partial charge in [0.15, 0.2) is 0 Å². The molecule has 2 aromatic heterocycles. The molecule has 6 heteroatoms. The molecule has 0 aliphatic rings. The van der Waals surface area contributed by atoms with Crippen molar-refractivity contribution >= 4 is 17.3 Å². The van der Waals surface area contributed by atoms with Crippen molar-refractivity contribution in [3.63, 3.8) is 0 Å². The molecule has 0 aromatic carbocycles. The normalized spacial score (nSPS) is 10.7. The number of aromatic nitrogens is 3. The van der Waals surface area contributed by atoms with Gasteiger partial charge >= 0.3 is 0 Å². The second-order valence-corrected chi connectivity index (χ2v) is 5.06. The summed E-state index contributed by atoms with van der Waals surface area (Å²) >= 11 is 1.12. The molecule has 0 unspecified atom stereocenters. The quantitative estimate of drug-likeness (QED) is 0.786. The van der Waals surface area contributed by atoms with Gasteiger partial charge < -0.3 is 4.74 Å². The Morgan fingerprint density at radius 2 is 2.21 bits per heavy atom. The van der Waals surface area contributed by atoms with Gasteiger partial charge in [0.1, 0.15) is 10.6 Å². The Hall–Kier alpha value is -1.82. The number of carbonyl (C=O) groups excluding carboxylic acids is 1. The number of nitrogens with zero attached hydrogens (tertiary/aromatic N) is 3. The van der Waals surface area contributed by atoms with Crippen LogP contribution in [0.1, 0.15) is 41.7 Å². The SMILES string of the molecule is CCc1nnsc1C(=O)c1cncc(OC(C)C)c1. The van der Waals surface area contributed by atoms with Crippen LogP contribution in [0.3, 0.4) is 0 Å². The molecule has 2 aromatic rings. The second kappa shape index (κ2) is 5.88. The number of aryl methyl sites for hydroxylation is 1. The molecule has 5 nitrogen and oxygen atoms in total. The highest BCUT2D eigenvalue weighted by molar-refractivity contribution is 7.08. The van der Waals surface area contributed by atoms with Crippen molar-refractivity contribution in [3.05, 3.63) is 34.6 Å². The molecule has 100 valence electrons. The summed E-state index contributed by atoms with van der Waals surface area (Å²) in [5.74, 6) is 0.491. The van der Waals surface area contributed by atoms with Crippen molar-refractivity contribution in [2.75, 3.05) is 0 Å². The molecule has 2 heterocycles. The van der Waals surface area contributed by atoms with E-state index in [0.29, 0.717) is 22.6 Å². The first kappa shape index (κ1) is 13.6. The summed E-state index contributed by atoms with van der Waals surface area (Å²) in [7, 11) is 0. The van der Waals surface area contributed by atoms with Crippen molar-refractivity contribution in [1.82, 2.24) is 14.6 Å². The molecular formula is C13H15N3O2S. The maximum Gasteiger partial charge on any atom is 0.208 e. The standard InChI is InChI=1S/C13H15N3O2S/c1-4-11-13(19-16-15-11)12(17)9-5-10(7-14-6-9)18-8(2)3/h5-8H,4H2,1-3H3. The molecule has 19 heavy (non-hydrogen) atoms. The summed E-state index contributed by atoms with van der Waals surface area (Å²) in [5, 5.41) is 3.95. The Balaban J connectivity index is 2.29. The zero-order chi connectivity index (χ0) is 13.8. The third-order valence-corrected chi connectivity index (χ3v) is 3.21. The van der Waals surface area contributed by atoms with Gasteiger partial charge in [-0.05, 0) is 37.9 Å². The summed E-state index contributed by atoms with van der Waals surface area (Å²) in [4.78, 5) is 17.0. The Bertz CT molecular complexity index is 581. The number of hydrogen-bond donors (Lipinski definition) is 0. The largest absolute Gasteiger partial charge is 0.489 e. The Morgan fingerprint density at radius 1 is 1.42 bits per heavy atom. The third-order valence-electron chi connectivity index (χ3n) is 2.44. The van der Waals surface area contributed by atoms with Gasteiger partial charge in [-0.3, -0.25) is 9.78 Å². The molecule has 2 rings (SSSR count). The van der Waals surface area contributed by atoms with E-state index in [2.05, 4.69) is 14.6 Å². The summed E-state index contributed by atoms with van der Waals surface area (Å²) in [5.41, 5.74) is 1.23. The predicted octanol–water partition coefficient (Wildman–Crippen LogP) is 2.51. The summed E-state index contributed by atoms with van der Waals surface area (Å²) < 4.78 is 9.37. The Morgan fingerprint density at radius 3 is 2.89 bits per heavy atom. The van der Waals surface area contributed by atoms with E-state index < -0.39 is 0 Å². The van der Waals surface area contributed by atoms with E-state index in [4.69, 9.17) is 4.74 Å². The highest BCUT2D eigenvalue weighted by Gasteiger charge is 2.18. The van der Waals surface area contributed by atoms with E-state index in [0.717, 1.165) is 17.2 Å². The number of carbonyl (C=O) groups is 1. The molecule has 0 fully saturated rings. The van der Waals surface area contributed by atoms with Crippen LogP contribution in [-0.4, -0.2) is 26.5 Å². The first-order chi connectivity index (χ1) is 9.11. The van der Waals surface area contributed by atoms with Crippen LogP contribution in [0.15, 0.2) is 18.5 Å². The van der Waals surface area contributed by atoms with Gasteiger partial charge in [0.05, 0.1) is 18.0 Å². The van der Waals surface area contributed by atoms with Crippen LogP contribution < -0.4 is 4.74 Å². The molecule has 0 saturated carbocycles. The smallest absolute Gasteiger partial charge is 0.208 e. The van der Waals surface area contributed by atoms with Gasteiger partial charge in [-0.15, -0.1) is 5.10 Å². The maximum absolute atomic E-state index is 12.4. The van der Waals surface area contributed by atoms with Gasteiger partial charge in [-0.1, -0.05) is 11.4 Å². The number of hydrogen-bond acceptors (Lipinski definition) is 6. The summed E-state index contributed by atoms with van der Waals surface area (Å²) in [6, 6.07) is 1.70. The van der Waals surface area contributed by atoms with Crippen LogP contribution in [0, 0.1) is 0 Å². The van der Waals surface area contributed by atoms with Crippen molar-refractivity contribution in [3.8, 4) is 5.75 Å². The molecule has 0 spiro atoms. The molecule has 0 amide bonds. The van der Waals surface area contributed by atoms with Gasteiger partial charge in [-0.25, -0.2) is 0 Å². The fourth-order valence-electron chi connectivity index (χ4n) is 1.62. The lowest BCUT2D eigenvalue weighted by atomic mass is 10.1. The zero-order valence-corrected chi connectivity index (χ0v) is 11.9. The van der Waals surface area contributed by atoms with Crippen LogP contribution in [-0.2, 0) is 6.42 Å². The minimum Gasteiger partial charge on any atom is -0.489 e. The minimum atomic E-state index is -0.103. The van der Waals surface area contributed by atoms with Crippen LogP contribution in [0.25, 0.3) is 0 Å². The lowest BCUT2D eigenvalue weighted by Crippen LogP contribution is -2.08. The van der Waals surface area contributed by atoms with Gasteiger partial charge in [0.25, 0.3) is 0 Å². The van der Waals surface area contributed by atoms with Gasteiger partial charge in [0.2, 0.25) is 5.78 Å². The fraction of sp³-hybridized carbons (Fsp3) is 0.385. The summed E-state index contributed by atoms with van der Waals surface area (Å²) in [6.07, 6.45) is 3.87. The third kappa shape index (κ3) is 3.14. The average molecular weight is 277 g/mol. The van der Waals surface area contributed by atoms with Crippen LogP contribution >= 0.6 is 11.5 Å². The Labute approximate surface area is 115 Å². The average Bonchev–Trinajstić information content (AvgIpc) is 2.85. The lowest BCUT2D eigenvalue weighted by molar-refractivity contribution is 0.104. The second-order valence-electron chi connectivity index (χ2n) is 4.31. The van der Waals surface area contributed by atoms with Gasteiger partial charge in [0, 0.05) is 11.8 Å². The fourth-order valence-corrected chi connectivity index (χ4v) is 2.34. The molecule has 0 aliphatic heterocycles. The predicted molar refractivity (Wildman–Crippen MR) is 72.7 cm³/mol. The molecule has 0 N–H and O–H groups in total. The molecular weight excluding hydrogens is 262 g/mol. The minimum absolute atomic E-state index is 0.0448. The van der Waals surface area contributed by atoms with E-state index >= 15 is 0 Å². The number of ketones is 1. The van der Waals surface area contributed by atoms with Crippen molar-refractivity contribution in [2.24, 2.45) is 0 Å². The number of ether oxygens (including phenoxy) is 1. The highest BCUT2D eigenvalue weighted by Crippen LogP contribution is 2.20. The van der Waals surface area contributed by atoms with Crippen molar-refractivity contribution < 1.29 is 9.53 Å². The molecule has 0 saturated heterocycles. The van der Waals surface area contributed by atoms with Gasteiger partial charge in [-0.2, -0.15) is 0 Å². The number of pyridine rings is 1. The topological polar surface area (TPSA) is 65.0 Å². The lowest BCUT2D eigenvalue weighted by Gasteiger charge is -2.09. The molecule has 0 bridgehead atoms. The first-order valence-electron chi connectivity index (χ1n) is 6.09. The summed E-state index contributed by atoms with van der Waals surface area (Å²) in [6.45, 7) is 5.80. The Kier molecular flexibility index (Phi) is 4.21.